The van der Waals surface area contributed by atoms with Gasteiger partial charge in [0, 0.05) is 18.7 Å². The fourth-order valence-electron chi connectivity index (χ4n) is 2.78. The van der Waals surface area contributed by atoms with Crippen LogP contribution in [-0.2, 0) is 9.53 Å². The van der Waals surface area contributed by atoms with Crippen LogP contribution in [0.4, 0.5) is 4.79 Å². The Morgan fingerprint density at radius 3 is 2.61 bits per heavy atom. The summed E-state index contributed by atoms with van der Waals surface area (Å²) in [6.45, 7) is 5.68. The van der Waals surface area contributed by atoms with Crippen molar-refractivity contribution in [1.82, 2.24) is 9.88 Å². The van der Waals surface area contributed by atoms with Crippen LogP contribution in [-0.4, -0.2) is 45.2 Å². The van der Waals surface area contributed by atoms with Gasteiger partial charge in [0.25, 0.3) is 0 Å². The highest BCUT2D eigenvalue weighted by Crippen LogP contribution is 2.33. The minimum Gasteiger partial charge on any atom is -0.480 e. The van der Waals surface area contributed by atoms with Gasteiger partial charge in [-0.25, -0.2) is 14.6 Å². The van der Waals surface area contributed by atoms with Gasteiger partial charge in [0.1, 0.15) is 16.2 Å². The molecule has 0 spiro atoms. The summed E-state index contributed by atoms with van der Waals surface area (Å²) in [6, 6.07) is 2.68. The molecule has 0 aromatic carbocycles. The van der Waals surface area contributed by atoms with Crippen LogP contribution in [0.3, 0.4) is 0 Å². The summed E-state index contributed by atoms with van der Waals surface area (Å²) < 4.78 is 6.05. The van der Waals surface area contributed by atoms with E-state index < -0.39 is 23.7 Å². The first-order chi connectivity index (χ1) is 10.7. The number of nitrogens with zero attached hydrogens (tertiary/aromatic N) is 2. The molecular formula is C16H21BrN2O4. The molecule has 0 saturated carbocycles. The summed E-state index contributed by atoms with van der Waals surface area (Å²) in [7, 11) is 0. The van der Waals surface area contributed by atoms with Crippen molar-refractivity contribution in [2.45, 2.75) is 51.2 Å². The van der Waals surface area contributed by atoms with Gasteiger partial charge in [0.05, 0.1) is 0 Å². The van der Waals surface area contributed by atoms with Gasteiger partial charge in [0.15, 0.2) is 0 Å². The number of carbonyl (C=O) groups excluding carboxylic acids is 1. The van der Waals surface area contributed by atoms with Crippen molar-refractivity contribution in [1.29, 1.82) is 0 Å². The summed E-state index contributed by atoms with van der Waals surface area (Å²) in [4.78, 5) is 29.7. The highest BCUT2D eigenvalue weighted by atomic mass is 79.9. The number of likely N-dealkylation sites (tertiary alicyclic amines) is 1. The van der Waals surface area contributed by atoms with Crippen molar-refractivity contribution >= 4 is 28.0 Å². The van der Waals surface area contributed by atoms with Gasteiger partial charge >= 0.3 is 12.1 Å². The molecule has 1 aromatic heterocycles. The Morgan fingerprint density at radius 2 is 2.09 bits per heavy atom. The molecule has 0 radical (unpaired) electrons. The maximum Gasteiger partial charge on any atom is 0.411 e. The fourth-order valence-corrected chi connectivity index (χ4v) is 3.02. The zero-order chi connectivity index (χ0) is 17.2. The van der Waals surface area contributed by atoms with E-state index in [1.54, 1.807) is 33.0 Å². The number of carbonyl (C=O) groups is 2. The largest absolute Gasteiger partial charge is 0.480 e. The van der Waals surface area contributed by atoms with Crippen molar-refractivity contribution in [2.24, 2.45) is 0 Å². The molecule has 2 rings (SSSR count). The number of carboxylic acid groups (broad SMARTS) is 1. The SMILES string of the molecule is CC(C)(C)OC(=O)N1CCCC(c2ccc(Br)nc2)C1C(=O)O. The number of halogens is 1. The van der Waals surface area contributed by atoms with Crippen LogP contribution in [0.25, 0.3) is 0 Å². The highest BCUT2D eigenvalue weighted by molar-refractivity contribution is 9.10. The maximum atomic E-state index is 12.4. The second-order valence-corrected chi connectivity index (χ2v) is 7.43. The quantitative estimate of drug-likeness (QED) is 0.790. The summed E-state index contributed by atoms with van der Waals surface area (Å²) in [5.41, 5.74) is 0.153. The molecule has 1 fully saturated rings. The molecule has 1 N–H and O–H groups in total. The number of aromatic nitrogens is 1. The topological polar surface area (TPSA) is 79.7 Å². The minimum absolute atomic E-state index is 0.297. The van der Waals surface area contributed by atoms with Crippen LogP contribution < -0.4 is 0 Å². The highest BCUT2D eigenvalue weighted by Gasteiger charge is 2.41. The Kier molecular flexibility index (Phi) is 5.29. The number of ether oxygens (including phenoxy) is 1. The van der Waals surface area contributed by atoms with E-state index in [-0.39, 0.29) is 5.92 Å². The molecule has 23 heavy (non-hydrogen) atoms. The summed E-state index contributed by atoms with van der Waals surface area (Å²) in [6.07, 6.45) is 2.49. The zero-order valence-corrected chi connectivity index (χ0v) is 15.0. The Hall–Kier alpha value is -1.63. The fraction of sp³-hybridized carbons (Fsp3) is 0.562. The van der Waals surface area contributed by atoms with Gasteiger partial charge in [-0.3, -0.25) is 4.90 Å². The monoisotopic (exact) mass is 384 g/mol. The van der Waals surface area contributed by atoms with Crippen molar-refractivity contribution < 1.29 is 19.4 Å². The van der Waals surface area contributed by atoms with Gasteiger partial charge in [-0.2, -0.15) is 0 Å². The Labute approximate surface area is 144 Å². The molecule has 1 saturated heterocycles. The third-order valence-corrected chi connectivity index (χ3v) is 4.16. The zero-order valence-electron chi connectivity index (χ0n) is 13.5. The van der Waals surface area contributed by atoms with Crippen LogP contribution in [0.1, 0.15) is 45.1 Å². The average Bonchev–Trinajstić information content (AvgIpc) is 2.45. The van der Waals surface area contributed by atoms with E-state index >= 15 is 0 Å². The van der Waals surface area contributed by atoms with Gasteiger partial charge in [-0.05, 0) is 61.2 Å². The molecule has 0 aliphatic carbocycles. The van der Waals surface area contributed by atoms with Crippen LogP contribution >= 0.6 is 15.9 Å². The normalized spacial score (nSPS) is 21.8. The van der Waals surface area contributed by atoms with Crippen LogP contribution in [0.2, 0.25) is 0 Å². The summed E-state index contributed by atoms with van der Waals surface area (Å²) in [5.74, 6) is -1.32. The van der Waals surface area contributed by atoms with Gasteiger partial charge < -0.3 is 9.84 Å². The molecule has 1 aromatic rings. The number of pyridine rings is 1. The lowest BCUT2D eigenvalue weighted by Crippen LogP contribution is -2.53. The molecule has 7 heteroatoms. The first kappa shape index (κ1) is 17.7. The first-order valence-corrected chi connectivity index (χ1v) is 8.32. The number of piperidine rings is 1. The van der Waals surface area contributed by atoms with E-state index in [1.807, 2.05) is 6.07 Å². The van der Waals surface area contributed by atoms with E-state index in [9.17, 15) is 14.7 Å². The number of rotatable bonds is 2. The standard InChI is InChI=1S/C16H21BrN2O4/c1-16(2,3)23-15(22)19-8-4-5-11(13(19)14(20)21)10-6-7-12(17)18-9-10/h6-7,9,11,13H,4-5,8H2,1-3H3,(H,20,21). The Balaban J connectivity index is 2.28. The number of aliphatic carboxylic acids is 1. The predicted octanol–water partition coefficient (Wildman–Crippen LogP) is 3.41. The van der Waals surface area contributed by atoms with Crippen molar-refractivity contribution in [2.75, 3.05) is 6.54 Å². The molecule has 2 heterocycles. The molecule has 0 bridgehead atoms. The number of hydrogen-bond acceptors (Lipinski definition) is 4. The number of carboxylic acids is 1. The number of amides is 1. The molecule has 1 aliphatic heterocycles. The maximum absolute atomic E-state index is 12.4. The third-order valence-electron chi connectivity index (χ3n) is 3.69. The van der Waals surface area contributed by atoms with Crippen LogP contribution in [0.15, 0.2) is 22.9 Å². The van der Waals surface area contributed by atoms with Crippen LogP contribution in [0.5, 0.6) is 0 Å². The molecule has 1 aliphatic rings. The smallest absolute Gasteiger partial charge is 0.411 e. The lowest BCUT2D eigenvalue weighted by atomic mass is 9.84. The van der Waals surface area contributed by atoms with E-state index in [0.717, 1.165) is 12.0 Å². The minimum atomic E-state index is -1.02. The molecule has 1 amide bonds. The lowest BCUT2D eigenvalue weighted by molar-refractivity contribution is -0.145. The molecular weight excluding hydrogens is 364 g/mol. The molecule has 6 nitrogen and oxygen atoms in total. The van der Waals surface area contributed by atoms with Gasteiger partial charge in [-0.15, -0.1) is 0 Å². The predicted molar refractivity (Wildman–Crippen MR) is 88.3 cm³/mol. The second kappa shape index (κ2) is 6.86. The molecule has 126 valence electrons. The van der Waals surface area contributed by atoms with Crippen molar-refractivity contribution in [3.63, 3.8) is 0 Å². The number of hydrogen-bond donors (Lipinski definition) is 1. The lowest BCUT2D eigenvalue weighted by Gasteiger charge is -2.39. The van der Waals surface area contributed by atoms with E-state index in [0.29, 0.717) is 17.6 Å². The van der Waals surface area contributed by atoms with E-state index in [2.05, 4.69) is 20.9 Å². The van der Waals surface area contributed by atoms with Crippen molar-refractivity contribution in [3.05, 3.63) is 28.5 Å². The Morgan fingerprint density at radius 1 is 1.39 bits per heavy atom. The molecule has 2 atom stereocenters. The van der Waals surface area contributed by atoms with E-state index in [1.165, 1.54) is 4.90 Å². The van der Waals surface area contributed by atoms with Gasteiger partial charge in [0.2, 0.25) is 0 Å². The third kappa shape index (κ3) is 4.43. The average molecular weight is 385 g/mol. The summed E-state index contributed by atoms with van der Waals surface area (Å²) >= 11 is 3.27. The first-order valence-electron chi connectivity index (χ1n) is 7.53. The molecule has 2 unspecified atom stereocenters. The van der Waals surface area contributed by atoms with Crippen LogP contribution in [0, 0.1) is 0 Å². The summed E-state index contributed by atoms with van der Waals surface area (Å²) in [5, 5.41) is 9.66. The Bertz CT molecular complexity index is 583. The van der Waals surface area contributed by atoms with Crippen molar-refractivity contribution in [3.8, 4) is 0 Å². The second-order valence-electron chi connectivity index (χ2n) is 6.62. The van der Waals surface area contributed by atoms with E-state index in [4.69, 9.17) is 4.74 Å². The van der Waals surface area contributed by atoms with Gasteiger partial charge in [-0.1, -0.05) is 6.07 Å².